The standard InChI is InChI=1S/C13H19N3O2/c1-13(2,3)18-12(17)16-7-11(8-16)4-10-5-14-9-15-6-10/h5-6,9,11H,4,7-8H2,1-3H3. The summed E-state index contributed by atoms with van der Waals surface area (Å²) in [5.74, 6) is 0.489. The van der Waals surface area contributed by atoms with Crippen LogP contribution in [0.2, 0.25) is 0 Å². The fraction of sp³-hybridized carbons (Fsp3) is 0.615. The molecule has 0 unspecified atom stereocenters. The Morgan fingerprint density at radius 3 is 2.56 bits per heavy atom. The average Bonchev–Trinajstić information content (AvgIpc) is 2.21. The van der Waals surface area contributed by atoms with Gasteiger partial charge in [0.25, 0.3) is 0 Å². The van der Waals surface area contributed by atoms with Gasteiger partial charge in [-0.2, -0.15) is 0 Å². The number of amides is 1. The first-order chi connectivity index (χ1) is 8.44. The van der Waals surface area contributed by atoms with Gasteiger partial charge in [-0.15, -0.1) is 0 Å². The molecule has 2 rings (SSSR count). The van der Waals surface area contributed by atoms with Gasteiger partial charge in [-0.05, 0) is 38.7 Å². The summed E-state index contributed by atoms with van der Waals surface area (Å²) in [5, 5.41) is 0. The molecule has 1 aromatic rings. The Balaban J connectivity index is 1.76. The van der Waals surface area contributed by atoms with Crippen molar-refractivity contribution >= 4 is 6.09 Å². The molecule has 0 spiro atoms. The molecular weight excluding hydrogens is 230 g/mol. The molecule has 1 fully saturated rings. The molecule has 0 aromatic carbocycles. The molecule has 2 heterocycles. The summed E-state index contributed by atoms with van der Waals surface area (Å²) in [6.45, 7) is 7.14. The highest BCUT2D eigenvalue weighted by molar-refractivity contribution is 5.69. The maximum absolute atomic E-state index is 11.7. The molecule has 18 heavy (non-hydrogen) atoms. The molecule has 1 aliphatic rings. The van der Waals surface area contributed by atoms with Gasteiger partial charge in [-0.25, -0.2) is 14.8 Å². The first-order valence-electron chi connectivity index (χ1n) is 6.16. The van der Waals surface area contributed by atoms with Crippen molar-refractivity contribution < 1.29 is 9.53 Å². The van der Waals surface area contributed by atoms with Gasteiger partial charge in [0.2, 0.25) is 0 Å². The van der Waals surface area contributed by atoms with Crippen LogP contribution in [-0.2, 0) is 11.2 Å². The van der Waals surface area contributed by atoms with Gasteiger partial charge in [0, 0.05) is 25.5 Å². The minimum absolute atomic E-state index is 0.219. The number of aromatic nitrogens is 2. The molecule has 0 atom stereocenters. The van der Waals surface area contributed by atoms with Crippen LogP contribution in [0.5, 0.6) is 0 Å². The lowest BCUT2D eigenvalue weighted by Gasteiger charge is -2.39. The molecule has 0 aliphatic carbocycles. The van der Waals surface area contributed by atoms with Crippen LogP contribution < -0.4 is 0 Å². The summed E-state index contributed by atoms with van der Waals surface area (Å²) in [4.78, 5) is 21.4. The van der Waals surface area contributed by atoms with E-state index in [2.05, 4.69) is 9.97 Å². The van der Waals surface area contributed by atoms with E-state index in [1.165, 1.54) is 6.33 Å². The monoisotopic (exact) mass is 249 g/mol. The van der Waals surface area contributed by atoms with Crippen molar-refractivity contribution in [2.45, 2.75) is 32.8 Å². The first kappa shape index (κ1) is 12.8. The molecule has 0 N–H and O–H groups in total. The summed E-state index contributed by atoms with van der Waals surface area (Å²) in [6, 6.07) is 0. The summed E-state index contributed by atoms with van der Waals surface area (Å²) in [5.41, 5.74) is 0.696. The van der Waals surface area contributed by atoms with Crippen molar-refractivity contribution in [2.24, 2.45) is 5.92 Å². The molecule has 1 saturated heterocycles. The van der Waals surface area contributed by atoms with Crippen molar-refractivity contribution in [1.82, 2.24) is 14.9 Å². The minimum atomic E-state index is -0.421. The molecule has 0 saturated carbocycles. The van der Waals surface area contributed by atoms with Crippen LogP contribution >= 0.6 is 0 Å². The van der Waals surface area contributed by atoms with Gasteiger partial charge in [0.15, 0.2) is 0 Å². The highest BCUT2D eigenvalue weighted by atomic mass is 16.6. The minimum Gasteiger partial charge on any atom is -0.444 e. The number of hydrogen-bond acceptors (Lipinski definition) is 4. The van der Waals surface area contributed by atoms with Crippen molar-refractivity contribution in [2.75, 3.05) is 13.1 Å². The maximum atomic E-state index is 11.7. The number of rotatable bonds is 2. The molecule has 1 amide bonds. The van der Waals surface area contributed by atoms with E-state index in [4.69, 9.17) is 4.74 Å². The van der Waals surface area contributed by atoms with Crippen LogP contribution in [0.25, 0.3) is 0 Å². The van der Waals surface area contributed by atoms with Crippen molar-refractivity contribution in [3.63, 3.8) is 0 Å². The Morgan fingerprint density at radius 1 is 1.39 bits per heavy atom. The van der Waals surface area contributed by atoms with Gasteiger partial charge in [-0.1, -0.05) is 0 Å². The predicted octanol–water partition coefficient (Wildman–Crippen LogP) is 1.89. The number of hydrogen-bond donors (Lipinski definition) is 0. The molecular formula is C13H19N3O2. The van der Waals surface area contributed by atoms with E-state index in [1.54, 1.807) is 4.90 Å². The molecule has 0 radical (unpaired) electrons. The van der Waals surface area contributed by atoms with E-state index in [9.17, 15) is 4.79 Å². The largest absolute Gasteiger partial charge is 0.444 e. The third kappa shape index (κ3) is 3.42. The fourth-order valence-electron chi connectivity index (χ4n) is 1.94. The average molecular weight is 249 g/mol. The van der Waals surface area contributed by atoms with Crippen molar-refractivity contribution in [1.29, 1.82) is 0 Å². The van der Waals surface area contributed by atoms with Gasteiger partial charge in [0.05, 0.1) is 0 Å². The van der Waals surface area contributed by atoms with Crippen LogP contribution in [0.3, 0.4) is 0 Å². The van der Waals surface area contributed by atoms with Gasteiger partial charge in [0.1, 0.15) is 11.9 Å². The van der Waals surface area contributed by atoms with Gasteiger partial charge < -0.3 is 9.64 Å². The van der Waals surface area contributed by atoms with E-state index in [-0.39, 0.29) is 6.09 Å². The summed E-state index contributed by atoms with van der Waals surface area (Å²) < 4.78 is 5.30. The fourth-order valence-corrected chi connectivity index (χ4v) is 1.94. The second kappa shape index (κ2) is 4.92. The smallest absolute Gasteiger partial charge is 0.410 e. The number of carbonyl (C=O) groups excluding carboxylic acids is 1. The van der Waals surface area contributed by atoms with Crippen LogP contribution in [0.1, 0.15) is 26.3 Å². The van der Waals surface area contributed by atoms with Crippen molar-refractivity contribution in [3.05, 3.63) is 24.3 Å². The maximum Gasteiger partial charge on any atom is 0.410 e. The highest BCUT2D eigenvalue weighted by Gasteiger charge is 2.33. The third-order valence-electron chi connectivity index (χ3n) is 2.75. The lowest BCUT2D eigenvalue weighted by atomic mass is 9.94. The lowest BCUT2D eigenvalue weighted by molar-refractivity contribution is -0.000893. The second-order valence-electron chi connectivity index (χ2n) is 5.70. The van der Waals surface area contributed by atoms with Crippen LogP contribution in [0.15, 0.2) is 18.7 Å². The van der Waals surface area contributed by atoms with Gasteiger partial charge in [-0.3, -0.25) is 0 Å². The van der Waals surface area contributed by atoms with Crippen LogP contribution in [0.4, 0.5) is 4.79 Å². The number of nitrogens with zero attached hydrogens (tertiary/aromatic N) is 3. The molecule has 5 heteroatoms. The normalized spacial score (nSPS) is 16.3. The zero-order chi connectivity index (χ0) is 13.2. The number of likely N-dealkylation sites (tertiary alicyclic amines) is 1. The molecule has 1 aromatic heterocycles. The Bertz CT molecular complexity index is 408. The van der Waals surface area contributed by atoms with E-state index in [0.29, 0.717) is 5.92 Å². The number of ether oxygens (including phenoxy) is 1. The Hall–Kier alpha value is -1.65. The second-order valence-corrected chi connectivity index (χ2v) is 5.70. The molecule has 0 bridgehead atoms. The zero-order valence-corrected chi connectivity index (χ0v) is 11.1. The number of carbonyl (C=O) groups is 1. The predicted molar refractivity (Wildman–Crippen MR) is 67.0 cm³/mol. The van der Waals surface area contributed by atoms with Crippen molar-refractivity contribution in [3.8, 4) is 0 Å². The summed E-state index contributed by atoms with van der Waals surface area (Å²) in [7, 11) is 0. The SMILES string of the molecule is CC(C)(C)OC(=O)N1CC(Cc2cncnc2)C1. The van der Waals surface area contributed by atoms with E-state index in [0.717, 1.165) is 25.1 Å². The highest BCUT2D eigenvalue weighted by Crippen LogP contribution is 2.22. The van der Waals surface area contributed by atoms with Crippen LogP contribution in [-0.4, -0.2) is 39.7 Å². The molecule has 5 nitrogen and oxygen atoms in total. The Labute approximate surface area is 107 Å². The van der Waals surface area contributed by atoms with Crippen LogP contribution in [0, 0.1) is 5.92 Å². The zero-order valence-electron chi connectivity index (χ0n) is 11.1. The topological polar surface area (TPSA) is 55.3 Å². The van der Waals surface area contributed by atoms with Gasteiger partial charge >= 0.3 is 6.09 Å². The summed E-state index contributed by atoms with van der Waals surface area (Å²) in [6.07, 6.45) is 5.87. The molecule has 98 valence electrons. The molecule has 1 aliphatic heterocycles. The first-order valence-corrected chi connectivity index (χ1v) is 6.16. The van der Waals surface area contributed by atoms with E-state index >= 15 is 0 Å². The Kier molecular flexibility index (Phi) is 3.50. The Morgan fingerprint density at radius 2 is 2.00 bits per heavy atom. The summed E-state index contributed by atoms with van der Waals surface area (Å²) >= 11 is 0. The lowest BCUT2D eigenvalue weighted by Crippen LogP contribution is -2.52. The van der Waals surface area contributed by atoms with E-state index in [1.807, 2.05) is 33.2 Å². The third-order valence-corrected chi connectivity index (χ3v) is 2.75. The van der Waals surface area contributed by atoms with E-state index < -0.39 is 5.60 Å². The quantitative estimate of drug-likeness (QED) is 0.803.